The highest BCUT2D eigenvalue weighted by atomic mass is 32.2. The minimum atomic E-state index is -3.06. The van der Waals surface area contributed by atoms with E-state index in [0.717, 1.165) is 5.56 Å². The maximum absolute atomic E-state index is 12.4. The van der Waals surface area contributed by atoms with Crippen LogP contribution in [0.4, 0.5) is 0 Å². The Morgan fingerprint density at radius 2 is 2.22 bits per heavy atom. The molecule has 2 rings (SSSR count). The number of pyridine rings is 1. The lowest BCUT2D eigenvalue weighted by Gasteiger charge is -2.28. The SMILES string of the molecule is CN(C)CCN(/C=C(/C#N)C(=O)NCc1cccnc1)C1CCS(=O)(=O)C1. The van der Waals surface area contributed by atoms with Gasteiger partial charge >= 0.3 is 0 Å². The molecule has 27 heavy (non-hydrogen) atoms. The fourth-order valence-corrected chi connectivity index (χ4v) is 4.53. The number of rotatable bonds is 8. The fraction of sp³-hybridized carbons (Fsp3) is 0.500. The van der Waals surface area contributed by atoms with Crippen LogP contribution >= 0.6 is 0 Å². The highest BCUT2D eigenvalue weighted by molar-refractivity contribution is 7.91. The van der Waals surface area contributed by atoms with Crippen molar-refractivity contribution in [2.24, 2.45) is 0 Å². The first-order valence-corrected chi connectivity index (χ1v) is 10.5. The first kappa shape index (κ1) is 20.9. The first-order valence-electron chi connectivity index (χ1n) is 8.70. The minimum Gasteiger partial charge on any atom is -0.371 e. The summed E-state index contributed by atoms with van der Waals surface area (Å²) in [4.78, 5) is 20.2. The molecule has 1 aliphatic rings. The average Bonchev–Trinajstić information content (AvgIpc) is 3.00. The summed E-state index contributed by atoms with van der Waals surface area (Å²) in [5.74, 6) is -0.302. The third-order valence-corrected chi connectivity index (χ3v) is 6.07. The summed E-state index contributed by atoms with van der Waals surface area (Å²) < 4.78 is 23.6. The Morgan fingerprint density at radius 1 is 1.44 bits per heavy atom. The lowest BCUT2D eigenvalue weighted by atomic mass is 10.2. The predicted octanol–water partition coefficient (Wildman–Crippen LogP) is 0.156. The standard InChI is InChI=1S/C18H25N5O3S/c1-22(2)7-8-23(17-5-9-27(25,26)14-17)13-16(10-19)18(24)21-12-15-4-3-6-20-11-15/h3-4,6,11,13,17H,5,7-9,12,14H2,1-2H3,(H,21,24)/b16-13-. The molecule has 1 aliphatic heterocycles. The number of aromatic nitrogens is 1. The topological polar surface area (TPSA) is 106 Å². The Balaban J connectivity index is 2.10. The molecule has 1 unspecified atom stereocenters. The highest BCUT2D eigenvalue weighted by Crippen LogP contribution is 2.19. The van der Waals surface area contributed by atoms with Gasteiger partial charge in [-0.25, -0.2) is 8.42 Å². The van der Waals surface area contributed by atoms with E-state index in [4.69, 9.17) is 0 Å². The average molecular weight is 391 g/mol. The van der Waals surface area contributed by atoms with E-state index in [1.54, 1.807) is 18.5 Å². The van der Waals surface area contributed by atoms with Gasteiger partial charge in [-0.15, -0.1) is 0 Å². The Kier molecular flexibility index (Phi) is 7.33. The van der Waals surface area contributed by atoms with Crippen molar-refractivity contribution in [1.82, 2.24) is 20.1 Å². The lowest BCUT2D eigenvalue weighted by Crippen LogP contribution is -2.38. The van der Waals surface area contributed by atoms with Crippen LogP contribution in [0.25, 0.3) is 0 Å². The van der Waals surface area contributed by atoms with E-state index in [1.165, 1.54) is 6.20 Å². The van der Waals surface area contributed by atoms with E-state index in [1.807, 2.05) is 36.0 Å². The van der Waals surface area contributed by atoms with Crippen molar-refractivity contribution in [3.8, 4) is 6.07 Å². The monoisotopic (exact) mass is 391 g/mol. The summed E-state index contributed by atoms with van der Waals surface area (Å²) in [6.07, 6.45) is 5.28. The molecule has 8 nitrogen and oxygen atoms in total. The molecule has 1 fully saturated rings. The normalized spacial score (nSPS) is 18.9. The van der Waals surface area contributed by atoms with Gasteiger partial charge < -0.3 is 15.1 Å². The van der Waals surface area contributed by atoms with Crippen molar-refractivity contribution in [3.63, 3.8) is 0 Å². The molecule has 1 aromatic heterocycles. The quantitative estimate of drug-likeness (QED) is 0.497. The van der Waals surface area contributed by atoms with Crippen molar-refractivity contribution < 1.29 is 13.2 Å². The van der Waals surface area contributed by atoms with E-state index in [9.17, 15) is 18.5 Å². The summed E-state index contributed by atoms with van der Waals surface area (Å²) >= 11 is 0. The molecule has 9 heteroatoms. The second-order valence-electron chi connectivity index (χ2n) is 6.80. The molecule has 2 heterocycles. The van der Waals surface area contributed by atoms with Gasteiger partial charge in [0.05, 0.1) is 11.5 Å². The molecular formula is C18H25N5O3S. The van der Waals surface area contributed by atoms with Crippen molar-refractivity contribution in [2.45, 2.75) is 19.0 Å². The van der Waals surface area contributed by atoms with Crippen molar-refractivity contribution in [3.05, 3.63) is 41.9 Å². The van der Waals surface area contributed by atoms with Crippen molar-refractivity contribution >= 4 is 15.7 Å². The summed E-state index contributed by atoms with van der Waals surface area (Å²) in [6, 6.07) is 5.31. The fourth-order valence-electron chi connectivity index (χ4n) is 2.79. The van der Waals surface area contributed by atoms with Crippen LogP contribution in [0.2, 0.25) is 0 Å². The number of likely N-dealkylation sites (N-methyl/N-ethyl adjacent to an activating group) is 1. The maximum Gasteiger partial charge on any atom is 0.263 e. The molecular weight excluding hydrogens is 366 g/mol. The number of nitrogens with one attached hydrogen (secondary N) is 1. The summed E-state index contributed by atoms with van der Waals surface area (Å²) in [5, 5.41) is 12.1. The summed E-state index contributed by atoms with van der Waals surface area (Å²) in [7, 11) is 0.769. The molecule has 0 saturated carbocycles. The number of nitriles is 1. The molecule has 1 N–H and O–H groups in total. The number of carbonyl (C=O) groups is 1. The Hall–Kier alpha value is -2.44. The van der Waals surface area contributed by atoms with E-state index < -0.39 is 15.7 Å². The highest BCUT2D eigenvalue weighted by Gasteiger charge is 2.31. The first-order chi connectivity index (χ1) is 12.8. The van der Waals surface area contributed by atoms with E-state index in [2.05, 4.69) is 10.3 Å². The van der Waals surface area contributed by atoms with Crippen LogP contribution in [0.5, 0.6) is 0 Å². The predicted molar refractivity (Wildman–Crippen MR) is 102 cm³/mol. The smallest absolute Gasteiger partial charge is 0.263 e. The van der Waals surface area contributed by atoms with Crippen molar-refractivity contribution in [2.75, 3.05) is 38.7 Å². The Labute approximate surface area is 160 Å². The van der Waals surface area contributed by atoms with Crippen LogP contribution in [0, 0.1) is 11.3 Å². The van der Waals surface area contributed by atoms with Crippen LogP contribution in [0.15, 0.2) is 36.3 Å². The Bertz CT molecular complexity index is 815. The maximum atomic E-state index is 12.4. The van der Waals surface area contributed by atoms with E-state index >= 15 is 0 Å². The van der Waals surface area contributed by atoms with Crippen molar-refractivity contribution in [1.29, 1.82) is 5.26 Å². The van der Waals surface area contributed by atoms with E-state index in [0.29, 0.717) is 19.5 Å². The van der Waals surface area contributed by atoms with Gasteiger partial charge in [0, 0.05) is 44.3 Å². The lowest BCUT2D eigenvalue weighted by molar-refractivity contribution is -0.117. The zero-order valence-electron chi connectivity index (χ0n) is 15.6. The molecule has 0 aliphatic carbocycles. The largest absolute Gasteiger partial charge is 0.371 e. The van der Waals surface area contributed by atoms with Crippen LogP contribution in [-0.2, 0) is 21.2 Å². The molecule has 0 spiro atoms. The number of nitrogens with zero attached hydrogens (tertiary/aromatic N) is 4. The zero-order valence-corrected chi connectivity index (χ0v) is 16.4. The molecule has 1 saturated heterocycles. The van der Waals surface area contributed by atoms with Crippen LogP contribution in [0.3, 0.4) is 0 Å². The molecule has 0 aromatic carbocycles. The third-order valence-electron chi connectivity index (χ3n) is 4.32. The summed E-state index contributed by atoms with van der Waals surface area (Å²) in [6.45, 7) is 1.48. The molecule has 1 atom stereocenters. The van der Waals surface area contributed by atoms with Crippen LogP contribution in [-0.4, -0.2) is 73.8 Å². The molecule has 1 amide bonds. The van der Waals surface area contributed by atoms with Gasteiger partial charge in [-0.05, 0) is 32.1 Å². The van der Waals surface area contributed by atoms with Gasteiger partial charge in [0.25, 0.3) is 5.91 Å². The molecule has 1 aromatic rings. The number of sulfone groups is 1. The Morgan fingerprint density at radius 3 is 2.78 bits per heavy atom. The van der Waals surface area contributed by atoms with Crippen LogP contribution in [0.1, 0.15) is 12.0 Å². The number of carbonyl (C=O) groups excluding carboxylic acids is 1. The molecule has 0 bridgehead atoms. The van der Waals surface area contributed by atoms with Gasteiger partial charge in [0.15, 0.2) is 9.84 Å². The molecule has 0 radical (unpaired) electrons. The van der Waals surface area contributed by atoms with Gasteiger partial charge in [-0.3, -0.25) is 9.78 Å². The second kappa shape index (κ2) is 9.48. The number of amides is 1. The number of hydrogen-bond acceptors (Lipinski definition) is 7. The third kappa shape index (κ3) is 6.66. The molecule has 146 valence electrons. The van der Waals surface area contributed by atoms with Gasteiger partial charge in [0.2, 0.25) is 0 Å². The number of hydrogen-bond donors (Lipinski definition) is 1. The second-order valence-corrected chi connectivity index (χ2v) is 9.03. The van der Waals surface area contributed by atoms with E-state index in [-0.39, 0.29) is 29.7 Å². The van der Waals surface area contributed by atoms with Gasteiger partial charge in [0.1, 0.15) is 11.6 Å². The van der Waals surface area contributed by atoms with Crippen LogP contribution < -0.4 is 5.32 Å². The van der Waals surface area contributed by atoms with Gasteiger partial charge in [-0.1, -0.05) is 6.07 Å². The van der Waals surface area contributed by atoms with Gasteiger partial charge in [-0.2, -0.15) is 5.26 Å². The summed E-state index contributed by atoms with van der Waals surface area (Å²) in [5.41, 5.74) is 0.788. The zero-order chi connectivity index (χ0) is 19.9. The minimum absolute atomic E-state index is 0.0399.